The van der Waals surface area contributed by atoms with Crippen LogP contribution < -0.4 is 10.1 Å². The van der Waals surface area contributed by atoms with Crippen molar-refractivity contribution >= 4 is 12.0 Å². The van der Waals surface area contributed by atoms with Gasteiger partial charge in [0.25, 0.3) is 0 Å². The second kappa shape index (κ2) is 14.0. The SMILES string of the molecule is CCOC(=O)CC(NC(=O)N(Cc1ccc(CC)cc1)Cc1cn[nH]c1-c1ccc(OC)cc1)c1ccccc1. The van der Waals surface area contributed by atoms with Gasteiger partial charge in [-0.25, -0.2) is 4.79 Å². The molecule has 0 bridgehead atoms. The number of rotatable bonds is 12. The first-order chi connectivity index (χ1) is 19.5. The Morgan fingerprint density at radius 3 is 2.27 bits per heavy atom. The first-order valence-electron chi connectivity index (χ1n) is 13.5. The van der Waals surface area contributed by atoms with Gasteiger partial charge in [0.1, 0.15) is 5.75 Å². The van der Waals surface area contributed by atoms with Gasteiger partial charge in [-0.3, -0.25) is 9.89 Å². The number of carbonyl (C=O) groups is 2. The standard InChI is InChI=1S/C32H36N4O4/c1-4-23-11-13-24(14-12-23)21-36(22-27-20-33-35-31(27)26-15-17-28(39-3)18-16-26)32(38)34-29(19-30(37)40-5-2)25-9-7-6-8-10-25/h6-18,20,29H,4-5,19,21-22H2,1-3H3,(H,33,35)(H,34,38). The van der Waals surface area contributed by atoms with Crippen molar-refractivity contribution in [3.63, 3.8) is 0 Å². The Hall–Kier alpha value is -4.59. The second-order valence-corrected chi connectivity index (χ2v) is 9.45. The van der Waals surface area contributed by atoms with Gasteiger partial charge in [0.05, 0.1) is 44.6 Å². The summed E-state index contributed by atoms with van der Waals surface area (Å²) in [4.78, 5) is 28.0. The summed E-state index contributed by atoms with van der Waals surface area (Å²) in [6, 6.07) is 24.6. The summed E-state index contributed by atoms with van der Waals surface area (Å²) in [6.45, 7) is 4.85. The van der Waals surface area contributed by atoms with E-state index >= 15 is 0 Å². The van der Waals surface area contributed by atoms with Gasteiger partial charge < -0.3 is 19.7 Å². The molecule has 8 nitrogen and oxygen atoms in total. The highest BCUT2D eigenvalue weighted by atomic mass is 16.5. The van der Waals surface area contributed by atoms with Crippen molar-refractivity contribution in [1.82, 2.24) is 20.4 Å². The minimum atomic E-state index is -0.539. The smallest absolute Gasteiger partial charge is 0.318 e. The van der Waals surface area contributed by atoms with E-state index in [4.69, 9.17) is 9.47 Å². The third-order valence-corrected chi connectivity index (χ3v) is 6.73. The highest BCUT2D eigenvalue weighted by Crippen LogP contribution is 2.26. The molecule has 0 spiro atoms. The Labute approximate surface area is 235 Å². The maximum atomic E-state index is 13.9. The van der Waals surface area contributed by atoms with E-state index in [2.05, 4.69) is 34.6 Å². The number of hydrogen-bond donors (Lipinski definition) is 2. The molecule has 1 heterocycles. The van der Waals surface area contributed by atoms with Crippen LogP contribution in [0.2, 0.25) is 0 Å². The number of aromatic amines is 1. The Morgan fingerprint density at radius 2 is 1.62 bits per heavy atom. The van der Waals surface area contributed by atoms with Gasteiger partial charge >= 0.3 is 12.0 Å². The van der Waals surface area contributed by atoms with Gasteiger partial charge in [-0.05, 0) is 54.3 Å². The van der Waals surface area contributed by atoms with E-state index in [1.807, 2.05) is 66.7 Å². The van der Waals surface area contributed by atoms with E-state index in [0.29, 0.717) is 13.1 Å². The number of ether oxygens (including phenoxy) is 2. The second-order valence-electron chi connectivity index (χ2n) is 9.45. The van der Waals surface area contributed by atoms with Crippen molar-refractivity contribution in [1.29, 1.82) is 0 Å². The molecule has 2 N–H and O–H groups in total. The van der Waals surface area contributed by atoms with Crippen molar-refractivity contribution in [3.05, 3.63) is 107 Å². The average Bonchev–Trinajstić information content (AvgIpc) is 3.45. The molecule has 1 unspecified atom stereocenters. The number of nitrogens with one attached hydrogen (secondary N) is 2. The van der Waals surface area contributed by atoms with E-state index in [1.165, 1.54) is 5.56 Å². The first-order valence-corrected chi connectivity index (χ1v) is 13.5. The van der Waals surface area contributed by atoms with Gasteiger partial charge in [0.15, 0.2) is 0 Å². The summed E-state index contributed by atoms with van der Waals surface area (Å²) in [5.74, 6) is 0.393. The number of esters is 1. The van der Waals surface area contributed by atoms with Crippen molar-refractivity contribution in [2.45, 2.75) is 45.8 Å². The molecular weight excluding hydrogens is 504 g/mol. The van der Waals surface area contributed by atoms with Crippen LogP contribution in [0.1, 0.15) is 48.6 Å². The summed E-state index contributed by atoms with van der Waals surface area (Å²) in [7, 11) is 1.63. The molecule has 4 rings (SSSR count). The van der Waals surface area contributed by atoms with Crippen LogP contribution >= 0.6 is 0 Å². The predicted molar refractivity (Wildman–Crippen MR) is 155 cm³/mol. The number of amides is 2. The summed E-state index contributed by atoms with van der Waals surface area (Å²) < 4.78 is 10.5. The molecule has 40 heavy (non-hydrogen) atoms. The van der Waals surface area contributed by atoms with E-state index in [1.54, 1.807) is 25.1 Å². The summed E-state index contributed by atoms with van der Waals surface area (Å²) >= 11 is 0. The minimum Gasteiger partial charge on any atom is -0.497 e. The molecule has 0 saturated heterocycles. The molecule has 1 aromatic heterocycles. The van der Waals surface area contributed by atoms with Gasteiger partial charge in [-0.15, -0.1) is 0 Å². The number of nitrogens with zero attached hydrogens (tertiary/aromatic N) is 2. The van der Waals surface area contributed by atoms with E-state index in [0.717, 1.165) is 40.1 Å². The quantitative estimate of drug-likeness (QED) is 0.213. The van der Waals surface area contributed by atoms with Crippen LogP contribution in [0.3, 0.4) is 0 Å². The van der Waals surface area contributed by atoms with Gasteiger partial charge in [-0.1, -0.05) is 61.5 Å². The van der Waals surface area contributed by atoms with Gasteiger partial charge in [0.2, 0.25) is 0 Å². The van der Waals surface area contributed by atoms with Crippen molar-refractivity contribution in [3.8, 4) is 17.0 Å². The fourth-order valence-corrected chi connectivity index (χ4v) is 4.51. The van der Waals surface area contributed by atoms with Crippen molar-refractivity contribution < 1.29 is 19.1 Å². The monoisotopic (exact) mass is 540 g/mol. The fourth-order valence-electron chi connectivity index (χ4n) is 4.51. The lowest BCUT2D eigenvalue weighted by molar-refractivity contribution is -0.143. The molecule has 208 valence electrons. The van der Waals surface area contributed by atoms with Crippen LogP contribution in [0, 0.1) is 0 Å². The predicted octanol–water partition coefficient (Wildman–Crippen LogP) is 6.05. The molecular formula is C32H36N4O4. The van der Waals surface area contributed by atoms with E-state index < -0.39 is 6.04 Å². The molecule has 0 radical (unpaired) electrons. The van der Waals surface area contributed by atoms with Crippen LogP contribution in [0.15, 0.2) is 85.1 Å². The van der Waals surface area contributed by atoms with Crippen LogP contribution in [0.25, 0.3) is 11.3 Å². The Bertz CT molecular complexity index is 1370. The number of methoxy groups -OCH3 is 1. The zero-order valence-electron chi connectivity index (χ0n) is 23.2. The Morgan fingerprint density at radius 1 is 0.925 bits per heavy atom. The third kappa shape index (κ3) is 7.50. The average molecular weight is 541 g/mol. The molecule has 0 aliphatic carbocycles. The highest BCUT2D eigenvalue weighted by molar-refractivity contribution is 5.77. The summed E-state index contributed by atoms with van der Waals surface area (Å²) in [6.07, 6.45) is 2.72. The van der Waals surface area contributed by atoms with E-state index in [-0.39, 0.29) is 25.0 Å². The highest BCUT2D eigenvalue weighted by Gasteiger charge is 2.24. The molecule has 0 fully saturated rings. The molecule has 3 aromatic carbocycles. The minimum absolute atomic E-state index is 0.0332. The Kier molecular flexibility index (Phi) is 9.93. The zero-order valence-corrected chi connectivity index (χ0v) is 23.2. The van der Waals surface area contributed by atoms with E-state index in [9.17, 15) is 9.59 Å². The summed E-state index contributed by atoms with van der Waals surface area (Å²) in [5.41, 5.74) is 5.70. The maximum absolute atomic E-state index is 13.9. The molecule has 0 saturated carbocycles. The lowest BCUT2D eigenvalue weighted by atomic mass is 10.0. The fraction of sp³-hybridized carbons (Fsp3) is 0.281. The number of benzene rings is 3. The molecule has 4 aromatic rings. The number of urea groups is 1. The van der Waals surface area contributed by atoms with Crippen LogP contribution in [0.5, 0.6) is 5.75 Å². The van der Waals surface area contributed by atoms with Crippen LogP contribution in [-0.4, -0.2) is 40.8 Å². The first kappa shape index (κ1) is 28.4. The zero-order chi connectivity index (χ0) is 28.3. The third-order valence-electron chi connectivity index (χ3n) is 6.73. The van der Waals surface area contributed by atoms with Crippen molar-refractivity contribution in [2.75, 3.05) is 13.7 Å². The van der Waals surface area contributed by atoms with Gasteiger partial charge in [-0.2, -0.15) is 5.10 Å². The number of aryl methyl sites for hydroxylation is 1. The molecule has 1 atom stereocenters. The number of carbonyl (C=O) groups excluding carboxylic acids is 2. The number of H-pyrrole nitrogens is 1. The van der Waals surface area contributed by atoms with Gasteiger partial charge in [0, 0.05) is 17.7 Å². The summed E-state index contributed by atoms with van der Waals surface area (Å²) in [5, 5.41) is 10.4. The van der Waals surface area contributed by atoms with Crippen LogP contribution in [-0.2, 0) is 29.0 Å². The normalized spacial score (nSPS) is 11.5. The van der Waals surface area contributed by atoms with Crippen molar-refractivity contribution in [2.24, 2.45) is 0 Å². The molecule has 0 aliphatic rings. The maximum Gasteiger partial charge on any atom is 0.318 e. The molecule has 2 amide bonds. The molecule has 8 heteroatoms. The lowest BCUT2D eigenvalue weighted by Gasteiger charge is -2.27. The topological polar surface area (TPSA) is 96.5 Å². The number of aromatic nitrogens is 2. The molecule has 0 aliphatic heterocycles. The lowest BCUT2D eigenvalue weighted by Crippen LogP contribution is -2.41. The number of hydrogen-bond acceptors (Lipinski definition) is 5. The Balaban J connectivity index is 1.61. The largest absolute Gasteiger partial charge is 0.497 e. The van der Waals surface area contributed by atoms with Crippen LogP contribution in [0.4, 0.5) is 4.79 Å².